The predicted octanol–water partition coefficient (Wildman–Crippen LogP) is 1.12. The third-order valence-electron chi connectivity index (χ3n) is 2.72. The molecule has 0 aliphatic carbocycles. The minimum Gasteiger partial charge on any atom is -0.619 e. The van der Waals surface area contributed by atoms with Crippen LogP contribution in [-0.4, -0.2) is 23.3 Å². The number of hydrogen-bond acceptors (Lipinski definition) is 7. The Morgan fingerprint density at radius 2 is 2.18 bits per heavy atom. The largest absolute Gasteiger partial charge is 0.619 e. The molecule has 2 aromatic heterocycles. The molecule has 112 valence electrons. The summed E-state index contributed by atoms with van der Waals surface area (Å²) < 4.78 is 5.39. The number of hydrogen-bond donors (Lipinski definition) is 0. The molecular weight excluding hydrogens is 306 g/mol. The Balaban J connectivity index is 1.98. The lowest BCUT2D eigenvalue weighted by molar-refractivity contribution is -0.605. The quantitative estimate of drug-likeness (QED) is 0.464. The molecule has 0 aliphatic rings. The average Bonchev–Trinajstić information content (AvgIpc) is 2.92. The van der Waals surface area contributed by atoms with Gasteiger partial charge in [0.2, 0.25) is 0 Å². The van der Waals surface area contributed by atoms with Crippen molar-refractivity contribution in [3.63, 3.8) is 0 Å². The maximum absolute atomic E-state index is 12.0. The molecule has 0 aromatic carbocycles. The summed E-state index contributed by atoms with van der Waals surface area (Å²) in [7, 11) is 0. The smallest absolute Gasteiger partial charge is 0.339 e. The number of ether oxygens (including phenoxy) is 1. The van der Waals surface area contributed by atoms with E-state index >= 15 is 0 Å². The van der Waals surface area contributed by atoms with Gasteiger partial charge in [0.15, 0.2) is 30.7 Å². The fourth-order valence-corrected chi connectivity index (χ4v) is 2.48. The zero-order valence-electron chi connectivity index (χ0n) is 11.6. The molecule has 0 fully saturated rings. The van der Waals surface area contributed by atoms with Crippen molar-refractivity contribution in [1.29, 1.82) is 5.26 Å². The number of pyridine rings is 1. The number of aryl methyl sites for hydroxylation is 1. The number of nitrogens with zero attached hydrogens (tertiary/aromatic N) is 3. The van der Waals surface area contributed by atoms with E-state index in [0.717, 1.165) is 18.1 Å². The summed E-state index contributed by atoms with van der Waals surface area (Å²) in [6.07, 6.45) is 2.30. The molecule has 2 heterocycles. The van der Waals surface area contributed by atoms with E-state index in [0.29, 0.717) is 9.74 Å². The number of nitriles is 1. The van der Waals surface area contributed by atoms with Crippen LogP contribution >= 0.6 is 11.3 Å². The van der Waals surface area contributed by atoms with E-state index in [1.54, 1.807) is 12.3 Å². The zero-order chi connectivity index (χ0) is 16.1. The summed E-state index contributed by atoms with van der Waals surface area (Å²) in [5.41, 5.74) is 0.874. The molecule has 0 spiro atoms. The molecule has 22 heavy (non-hydrogen) atoms. The molecule has 0 N–H and O–H groups in total. The molecule has 7 nitrogen and oxygen atoms in total. The second kappa shape index (κ2) is 6.78. The molecule has 0 aliphatic heterocycles. The van der Waals surface area contributed by atoms with Crippen molar-refractivity contribution in [2.24, 2.45) is 0 Å². The highest BCUT2D eigenvalue weighted by molar-refractivity contribution is 7.09. The Morgan fingerprint density at radius 1 is 1.50 bits per heavy atom. The van der Waals surface area contributed by atoms with Gasteiger partial charge in [0.1, 0.15) is 5.01 Å². The van der Waals surface area contributed by atoms with Gasteiger partial charge in [-0.15, -0.1) is 11.3 Å². The first-order valence-corrected chi connectivity index (χ1v) is 7.09. The van der Waals surface area contributed by atoms with Gasteiger partial charge in [-0.2, -0.15) is 9.99 Å². The maximum Gasteiger partial charge on any atom is 0.339 e. The molecule has 0 amide bonds. The van der Waals surface area contributed by atoms with Crippen LogP contribution in [0.4, 0.5) is 0 Å². The highest BCUT2D eigenvalue weighted by Crippen LogP contribution is 2.20. The lowest BCUT2D eigenvalue weighted by Gasteiger charge is -2.06. The number of carbonyl (C=O) groups excluding carboxylic acids is 2. The van der Waals surface area contributed by atoms with Crippen molar-refractivity contribution >= 4 is 23.1 Å². The van der Waals surface area contributed by atoms with Gasteiger partial charge in [-0.3, -0.25) is 4.79 Å². The van der Waals surface area contributed by atoms with Crippen LogP contribution in [0.25, 0.3) is 0 Å². The first-order valence-electron chi connectivity index (χ1n) is 6.21. The molecule has 0 unspecified atom stereocenters. The lowest BCUT2D eigenvalue weighted by Crippen LogP contribution is -2.25. The van der Waals surface area contributed by atoms with Gasteiger partial charge in [-0.05, 0) is 6.92 Å². The minimum atomic E-state index is -1.05. The van der Waals surface area contributed by atoms with Crippen LogP contribution in [0, 0.1) is 23.5 Å². The van der Waals surface area contributed by atoms with Crippen molar-refractivity contribution in [2.75, 3.05) is 6.61 Å². The van der Waals surface area contributed by atoms with Crippen molar-refractivity contribution in [3.05, 3.63) is 51.4 Å². The first-order chi connectivity index (χ1) is 10.5. The van der Waals surface area contributed by atoms with Crippen LogP contribution in [-0.2, 0) is 9.53 Å². The van der Waals surface area contributed by atoms with E-state index < -0.39 is 24.3 Å². The summed E-state index contributed by atoms with van der Waals surface area (Å²) in [6.45, 7) is 1.23. The Bertz CT molecular complexity index is 733. The van der Waals surface area contributed by atoms with Crippen molar-refractivity contribution in [2.45, 2.75) is 12.8 Å². The number of aromatic nitrogens is 2. The van der Waals surface area contributed by atoms with Crippen LogP contribution in [0.3, 0.4) is 0 Å². The Morgan fingerprint density at radius 3 is 2.73 bits per heavy atom. The summed E-state index contributed by atoms with van der Waals surface area (Å²) in [4.78, 5) is 27.8. The Kier molecular flexibility index (Phi) is 4.80. The first kappa shape index (κ1) is 15.6. The second-order valence-corrected chi connectivity index (χ2v) is 5.27. The van der Waals surface area contributed by atoms with Gasteiger partial charge >= 0.3 is 5.97 Å². The van der Waals surface area contributed by atoms with E-state index in [-0.39, 0.29) is 5.56 Å². The normalized spacial score (nSPS) is 11.5. The third kappa shape index (κ3) is 3.65. The SMILES string of the molecule is Cc1csc([C@@H](C#N)C(=O)COC(=O)c2cc[n+]([O-])cc2)n1. The molecule has 0 saturated heterocycles. The third-order valence-corrected chi connectivity index (χ3v) is 3.75. The molecule has 2 aromatic rings. The van der Waals surface area contributed by atoms with Gasteiger partial charge in [0, 0.05) is 23.2 Å². The average molecular weight is 317 g/mol. The van der Waals surface area contributed by atoms with Gasteiger partial charge in [0.05, 0.1) is 11.6 Å². The number of thiazole rings is 1. The monoisotopic (exact) mass is 317 g/mol. The standard InChI is InChI=1S/C14H11N3O4S/c1-9-8-22-13(16-9)11(6-15)12(18)7-21-14(19)10-2-4-17(20)5-3-10/h2-5,8,11H,7H2,1H3/t11-/m0/s1. The number of rotatable bonds is 5. The van der Waals surface area contributed by atoms with Crippen LogP contribution < -0.4 is 4.73 Å². The van der Waals surface area contributed by atoms with E-state index in [1.807, 2.05) is 6.07 Å². The summed E-state index contributed by atoms with van der Waals surface area (Å²) in [5.74, 6) is -2.33. The summed E-state index contributed by atoms with van der Waals surface area (Å²) >= 11 is 1.21. The maximum atomic E-state index is 12.0. The topological polar surface area (TPSA) is 107 Å². The van der Waals surface area contributed by atoms with Crippen molar-refractivity contribution < 1.29 is 19.1 Å². The van der Waals surface area contributed by atoms with Crippen LogP contribution in [0.15, 0.2) is 29.9 Å². The Hall–Kier alpha value is -2.79. The molecular formula is C14H11N3O4S. The molecule has 0 radical (unpaired) electrons. The van der Waals surface area contributed by atoms with E-state index in [4.69, 9.17) is 10.00 Å². The highest BCUT2D eigenvalue weighted by Gasteiger charge is 2.24. The number of ketones is 1. The van der Waals surface area contributed by atoms with E-state index in [9.17, 15) is 14.8 Å². The molecule has 0 saturated carbocycles. The second-order valence-electron chi connectivity index (χ2n) is 4.38. The fourth-order valence-electron chi connectivity index (χ4n) is 1.62. The number of carbonyl (C=O) groups is 2. The van der Waals surface area contributed by atoms with Crippen molar-refractivity contribution in [1.82, 2.24) is 4.98 Å². The van der Waals surface area contributed by atoms with E-state index in [2.05, 4.69) is 4.98 Å². The predicted molar refractivity (Wildman–Crippen MR) is 75.9 cm³/mol. The lowest BCUT2D eigenvalue weighted by atomic mass is 10.1. The van der Waals surface area contributed by atoms with Gasteiger partial charge in [-0.25, -0.2) is 9.78 Å². The summed E-state index contributed by atoms with van der Waals surface area (Å²) in [6, 6.07) is 4.43. The van der Waals surface area contributed by atoms with Crippen LogP contribution in [0.2, 0.25) is 0 Å². The fraction of sp³-hybridized carbons (Fsp3) is 0.214. The highest BCUT2D eigenvalue weighted by atomic mass is 32.1. The van der Waals surface area contributed by atoms with Gasteiger partial charge in [0.25, 0.3) is 0 Å². The van der Waals surface area contributed by atoms with Crippen molar-refractivity contribution in [3.8, 4) is 6.07 Å². The molecule has 1 atom stereocenters. The zero-order valence-corrected chi connectivity index (χ0v) is 12.4. The van der Waals surface area contributed by atoms with Crippen LogP contribution in [0.1, 0.15) is 27.0 Å². The molecule has 8 heteroatoms. The Labute approximate surface area is 130 Å². The number of Topliss-reactive ketones (excluding diaryl/α,β-unsaturated/α-hetero) is 1. The van der Waals surface area contributed by atoms with E-state index in [1.165, 1.54) is 23.5 Å². The van der Waals surface area contributed by atoms with Crippen LogP contribution in [0.5, 0.6) is 0 Å². The van der Waals surface area contributed by atoms with Gasteiger partial charge in [-0.1, -0.05) is 0 Å². The number of esters is 1. The molecule has 0 bridgehead atoms. The molecule has 2 rings (SSSR count). The van der Waals surface area contributed by atoms with Gasteiger partial charge < -0.3 is 9.94 Å². The minimum absolute atomic E-state index is 0.151. The summed E-state index contributed by atoms with van der Waals surface area (Å²) in [5, 5.41) is 22.1.